The molecule has 0 radical (unpaired) electrons. The molecule has 2 nitrogen and oxygen atoms in total. The Bertz CT molecular complexity index is 628. The number of benzene rings is 2. The Labute approximate surface area is 120 Å². The van der Waals surface area contributed by atoms with Gasteiger partial charge in [0.15, 0.2) is 0 Å². The molecule has 0 aromatic heterocycles. The minimum Gasteiger partial charge on any atom is -0.234 e. The van der Waals surface area contributed by atoms with Gasteiger partial charge in [0.2, 0.25) is 11.4 Å². The maximum atomic E-state index is 2.21. The highest BCUT2D eigenvalue weighted by atomic mass is 15.0. The molecule has 2 aromatic rings. The van der Waals surface area contributed by atoms with E-state index in [1.807, 2.05) is 0 Å². The zero-order valence-corrected chi connectivity index (χ0v) is 12.5. The maximum absolute atomic E-state index is 2.21. The van der Waals surface area contributed by atoms with Gasteiger partial charge in [0, 0.05) is 0 Å². The van der Waals surface area contributed by atoms with Gasteiger partial charge in [-0.25, -0.2) is 9.15 Å². The third-order valence-corrected chi connectivity index (χ3v) is 3.77. The fourth-order valence-corrected chi connectivity index (χ4v) is 3.05. The smallest absolute Gasteiger partial charge is 0.215 e. The van der Waals surface area contributed by atoms with E-state index in [1.54, 1.807) is 0 Å². The Kier molecular flexibility index (Phi) is 3.01. The van der Waals surface area contributed by atoms with E-state index in [0.29, 0.717) is 0 Å². The molecule has 0 amide bonds. The SMILES string of the molecule is C[N+](C)=C1c2ccccc2C(=[N+](C)C)c2ccccc21. The van der Waals surface area contributed by atoms with E-state index in [2.05, 4.69) is 85.9 Å². The zero-order chi connectivity index (χ0) is 14.3. The molecule has 2 aromatic carbocycles. The van der Waals surface area contributed by atoms with Crippen LogP contribution >= 0.6 is 0 Å². The first-order valence-electron chi connectivity index (χ1n) is 6.89. The van der Waals surface area contributed by atoms with E-state index in [4.69, 9.17) is 0 Å². The van der Waals surface area contributed by atoms with E-state index in [0.717, 1.165) is 0 Å². The summed E-state index contributed by atoms with van der Waals surface area (Å²) in [5.41, 5.74) is 7.81. The average Bonchev–Trinajstić information content (AvgIpc) is 2.43. The molecule has 0 atom stereocenters. The van der Waals surface area contributed by atoms with Crippen LogP contribution < -0.4 is 0 Å². The van der Waals surface area contributed by atoms with Crippen LogP contribution in [-0.4, -0.2) is 48.8 Å². The zero-order valence-electron chi connectivity index (χ0n) is 12.5. The highest BCUT2D eigenvalue weighted by Crippen LogP contribution is 2.27. The van der Waals surface area contributed by atoms with Crippen LogP contribution in [-0.2, 0) is 0 Å². The number of hydrogen-bond acceptors (Lipinski definition) is 0. The molecular weight excluding hydrogens is 244 g/mol. The molecule has 0 N–H and O–H groups in total. The molecule has 0 fully saturated rings. The van der Waals surface area contributed by atoms with Crippen LogP contribution in [0.15, 0.2) is 48.5 Å². The molecule has 20 heavy (non-hydrogen) atoms. The molecule has 0 spiro atoms. The fraction of sp³-hybridized carbons (Fsp3) is 0.222. The van der Waals surface area contributed by atoms with Crippen molar-refractivity contribution >= 4 is 11.4 Å². The van der Waals surface area contributed by atoms with Crippen LogP contribution in [0.2, 0.25) is 0 Å². The first-order chi connectivity index (χ1) is 9.61. The largest absolute Gasteiger partial charge is 0.234 e. The molecule has 0 heterocycles. The van der Waals surface area contributed by atoms with Gasteiger partial charge in [-0.2, -0.15) is 0 Å². The van der Waals surface area contributed by atoms with Gasteiger partial charge in [0.05, 0.1) is 22.3 Å². The van der Waals surface area contributed by atoms with Crippen molar-refractivity contribution in [2.75, 3.05) is 28.2 Å². The van der Waals surface area contributed by atoms with Crippen LogP contribution in [0.1, 0.15) is 22.3 Å². The summed E-state index contributed by atoms with van der Waals surface area (Å²) in [6, 6.07) is 17.3. The third-order valence-electron chi connectivity index (χ3n) is 3.77. The Morgan fingerprint density at radius 1 is 0.500 bits per heavy atom. The monoisotopic (exact) mass is 264 g/mol. The lowest BCUT2D eigenvalue weighted by Crippen LogP contribution is -2.30. The lowest BCUT2D eigenvalue weighted by Gasteiger charge is -2.19. The van der Waals surface area contributed by atoms with Gasteiger partial charge in [-0.05, 0) is 24.3 Å². The van der Waals surface area contributed by atoms with Crippen molar-refractivity contribution in [3.05, 3.63) is 70.8 Å². The lowest BCUT2D eigenvalue weighted by molar-refractivity contribution is -0.465. The summed E-state index contributed by atoms with van der Waals surface area (Å²) in [7, 11) is 8.46. The summed E-state index contributed by atoms with van der Waals surface area (Å²) in [6.07, 6.45) is 0. The number of nitrogens with zero attached hydrogens (tertiary/aromatic N) is 2. The Balaban J connectivity index is 2.48. The van der Waals surface area contributed by atoms with Gasteiger partial charge in [0.1, 0.15) is 28.2 Å². The van der Waals surface area contributed by atoms with Crippen LogP contribution in [0.25, 0.3) is 0 Å². The number of hydrogen-bond donors (Lipinski definition) is 0. The maximum Gasteiger partial charge on any atom is 0.215 e. The van der Waals surface area contributed by atoms with Crippen molar-refractivity contribution in [1.82, 2.24) is 0 Å². The van der Waals surface area contributed by atoms with Crippen molar-refractivity contribution in [3.8, 4) is 0 Å². The lowest BCUT2D eigenvalue weighted by atomic mass is 9.82. The van der Waals surface area contributed by atoms with Gasteiger partial charge in [-0.1, -0.05) is 24.3 Å². The highest BCUT2D eigenvalue weighted by Gasteiger charge is 2.34. The molecule has 0 saturated heterocycles. The van der Waals surface area contributed by atoms with E-state index in [9.17, 15) is 0 Å². The molecule has 2 heteroatoms. The third kappa shape index (κ3) is 1.80. The predicted molar refractivity (Wildman–Crippen MR) is 83.5 cm³/mol. The van der Waals surface area contributed by atoms with Crippen molar-refractivity contribution in [2.45, 2.75) is 0 Å². The first kappa shape index (κ1) is 12.8. The van der Waals surface area contributed by atoms with Gasteiger partial charge in [0.25, 0.3) is 0 Å². The quantitative estimate of drug-likeness (QED) is 0.549. The summed E-state index contributed by atoms with van der Waals surface area (Å²) >= 11 is 0. The van der Waals surface area contributed by atoms with Crippen molar-refractivity contribution in [1.29, 1.82) is 0 Å². The van der Waals surface area contributed by atoms with Gasteiger partial charge in [-0.15, -0.1) is 0 Å². The summed E-state index contributed by atoms with van der Waals surface area (Å²) in [4.78, 5) is 0. The Morgan fingerprint density at radius 2 is 0.750 bits per heavy atom. The normalized spacial score (nSPS) is 12.8. The molecule has 0 bridgehead atoms. The van der Waals surface area contributed by atoms with E-state index in [1.165, 1.54) is 33.7 Å². The minimum absolute atomic E-state index is 1.29. The molecule has 0 unspecified atom stereocenters. The van der Waals surface area contributed by atoms with Crippen LogP contribution in [0.5, 0.6) is 0 Å². The van der Waals surface area contributed by atoms with Crippen molar-refractivity contribution in [2.24, 2.45) is 0 Å². The molecule has 100 valence electrons. The summed E-state index contributed by atoms with van der Waals surface area (Å²) in [5.74, 6) is 0. The second-order valence-corrected chi connectivity index (χ2v) is 5.58. The predicted octanol–water partition coefficient (Wildman–Crippen LogP) is 2.22. The van der Waals surface area contributed by atoms with Crippen molar-refractivity contribution in [3.63, 3.8) is 0 Å². The van der Waals surface area contributed by atoms with Gasteiger partial charge in [-0.3, -0.25) is 0 Å². The highest BCUT2D eigenvalue weighted by molar-refractivity contribution is 6.28. The van der Waals surface area contributed by atoms with Gasteiger partial charge < -0.3 is 0 Å². The van der Waals surface area contributed by atoms with E-state index < -0.39 is 0 Å². The molecule has 0 aliphatic heterocycles. The van der Waals surface area contributed by atoms with E-state index in [-0.39, 0.29) is 0 Å². The van der Waals surface area contributed by atoms with Crippen LogP contribution in [0.3, 0.4) is 0 Å². The number of fused-ring (bicyclic) bond motifs is 2. The standard InChI is InChI=1S/C18H20N2/c1-19(2)17-13-9-5-7-11-15(13)18(20(3)4)16-12-8-6-10-14(16)17/h5-12H,1-4H3/q+2. The Hall–Kier alpha value is -2.22. The number of rotatable bonds is 0. The van der Waals surface area contributed by atoms with Gasteiger partial charge >= 0.3 is 0 Å². The first-order valence-corrected chi connectivity index (χ1v) is 6.89. The fourth-order valence-electron chi connectivity index (χ4n) is 3.05. The average molecular weight is 264 g/mol. The van der Waals surface area contributed by atoms with Crippen molar-refractivity contribution < 1.29 is 9.15 Å². The van der Waals surface area contributed by atoms with E-state index >= 15 is 0 Å². The molecular formula is C18H20N2+2. The van der Waals surface area contributed by atoms with Crippen LogP contribution in [0.4, 0.5) is 0 Å². The summed E-state index contributed by atoms with van der Waals surface area (Å²) in [5, 5.41) is 0. The topological polar surface area (TPSA) is 6.02 Å². The molecule has 1 aliphatic carbocycles. The Morgan fingerprint density at radius 3 is 0.950 bits per heavy atom. The second-order valence-electron chi connectivity index (χ2n) is 5.58. The second kappa shape index (κ2) is 4.71. The molecule has 3 rings (SSSR count). The van der Waals surface area contributed by atoms with Crippen LogP contribution in [0, 0.1) is 0 Å². The molecule has 0 saturated carbocycles. The summed E-state index contributed by atoms with van der Waals surface area (Å²) < 4.78 is 4.42. The summed E-state index contributed by atoms with van der Waals surface area (Å²) in [6.45, 7) is 0. The molecule has 1 aliphatic rings. The minimum atomic E-state index is 1.29.